The molecule has 6 nitrogen and oxygen atoms in total. The quantitative estimate of drug-likeness (QED) is 0.404. The summed E-state index contributed by atoms with van der Waals surface area (Å²) in [6.07, 6.45) is 0. The van der Waals surface area contributed by atoms with Crippen molar-refractivity contribution in [2.24, 2.45) is 20.9 Å². The topological polar surface area (TPSA) is 73.5 Å². The normalized spacial score (nSPS) is 10.8. The average Bonchev–Trinajstić information content (AvgIpc) is 1.81. The molecule has 6 heteroatoms. The van der Waals surface area contributed by atoms with Gasteiger partial charge in [0.05, 0.1) is 0 Å². The molecule has 0 aliphatic carbocycles. The molecule has 0 saturated carbocycles. The average molecular weight is 116 g/mol. The Morgan fingerprint density at radius 3 is 1.50 bits per heavy atom. The fourth-order valence-corrected chi connectivity index (χ4v) is 0.129. The Morgan fingerprint density at radius 2 is 1.25 bits per heavy atom. The first-order chi connectivity index (χ1) is 3.91. The number of hydrogen-bond donors (Lipinski definition) is 2. The predicted molar refractivity (Wildman–Crippen MR) is 27.8 cm³/mol. The van der Waals surface area contributed by atoms with Crippen LogP contribution in [0.4, 0.5) is 0 Å². The Hall–Kier alpha value is -1.20. The molecule has 0 aromatic rings. The third-order valence-electron chi connectivity index (χ3n) is 0.329. The lowest BCUT2D eigenvalue weighted by Gasteiger charge is -1.78. The predicted octanol–water partition coefficient (Wildman–Crippen LogP) is 0.0746. The Labute approximate surface area is 47.0 Å². The van der Waals surface area contributed by atoms with E-state index in [1.807, 2.05) is 0 Å². The molecule has 0 fully saturated rings. The van der Waals surface area contributed by atoms with Crippen LogP contribution in [-0.2, 0) is 0 Å². The second-order valence-corrected chi connectivity index (χ2v) is 0.826. The lowest BCUT2D eigenvalue weighted by Crippen LogP contribution is -1.91. The van der Waals surface area contributed by atoms with E-state index in [1.54, 1.807) is 14.1 Å². The van der Waals surface area contributed by atoms with Crippen molar-refractivity contribution in [3.63, 3.8) is 0 Å². The van der Waals surface area contributed by atoms with Crippen molar-refractivity contribution in [1.82, 2.24) is 10.9 Å². The highest BCUT2D eigenvalue weighted by molar-refractivity contribution is 4.08. The van der Waals surface area contributed by atoms with Crippen molar-refractivity contribution >= 4 is 0 Å². The molecule has 0 amide bonds. The molecule has 0 radical (unpaired) electrons. The molecule has 0 aliphatic rings. The highest BCUT2D eigenvalue weighted by Crippen LogP contribution is 1.70. The van der Waals surface area contributed by atoms with Gasteiger partial charge in [-0.1, -0.05) is 10.4 Å². The van der Waals surface area contributed by atoms with Gasteiger partial charge in [0.1, 0.15) is 0 Å². The van der Waals surface area contributed by atoms with Gasteiger partial charge in [-0.15, -0.1) is 0 Å². The van der Waals surface area contributed by atoms with Crippen molar-refractivity contribution in [1.29, 1.82) is 0 Å². The summed E-state index contributed by atoms with van der Waals surface area (Å²) >= 11 is 0. The van der Waals surface area contributed by atoms with Crippen molar-refractivity contribution in [2.45, 2.75) is 0 Å². The Morgan fingerprint density at radius 1 is 0.875 bits per heavy atom. The van der Waals surface area contributed by atoms with Gasteiger partial charge in [-0.05, 0) is 10.4 Å². The van der Waals surface area contributed by atoms with E-state index in [2.05, 4.69) is 31.7 Å². The molecular weight excluding hydrogens is 108 g/mol. The standard InChI is InChI=1S/C2H8N6/c1-3-5-7-8-6-4-2/h1-2H3,(H,3,6,7)(H,4,5,8). The fourth-order valence-electron chi connectivity index (χ4n) is 0.129. The van der Waals surface area contributed by atoms with Gasteiger partial charge in [0, 0.05) is 14.1 Å². The van der Waals surface area contributed by atoms with Crippen LogP contribution >= 0.6 is 0 Å². The van der Waals surface area contributed by atoms with Gasteiger partial charge in [-0.25, -0.2) is 0 Å². The minimum Gasteiger partial charge on any atom is -0.293 e. The molecule has 0 saturated heterocycles. The molecule has 0 heterocycles. The third kappa shape index (κ3) is 4.80. The monoisotopic (exact) mass is 116 g/mol. The van der Waals surface area contributed by atoms with E-state index in [1.165, 1.54) is 0 Å². The number of hydrogen-bond acceptors (Lipinski definition) is 2. The molecule has 0 aromatic carbocycles. The second kappa shape index (κ2) is 5.80. The van der Waals surface area contributed by atoms with Gasteiger partial charge in [-0.3, -0.25) is 10.9 Å². The Kier molecular flexibility index (Phi) is 4.93. The smallest absolute Gasteiger partial charge is 0.0234 e. The summed E-state index contributed by atoms with van der Waals surface area (Å²) in [6, 6.07) is 0. The molecule has 0 unspecified atom stereocenters. The Bertz CT molecular complexity index is 72.5. The maximum absolute atomic E-state index is 3.28. The van der Waals surface area contributed by atoms with Crippen molar-refractivity contribution in [3.05, 3.63) is 0 Å². The van der Waals surface area contributed by atoms with E-state index < -0.39 is 0 Å². The first-order valence-corrected chi connectivity index (χ1v) is 2.05. The summed E-state index contributed by atoms with van der Waals surface area (Å²) in [5.41, 5.74) is 4.81. The van der Waals surface area contributed by atoms with E-state index in [0.717, 1.165) is 0 Å². The van der Waals surface area contributed by atoms with Crippen LogP contribution in [0, 0.1) is 0 Å². The van der Waals surface area contributed by atoms with E-state index in [0.29, 0.717) is 0 Å². The Balaban J connectivity index is 3.13. The van der Waals surface area contributed by atoms with Crippen molar-refractivity contribution < 1.29 is 0 Å². The highest BCUT2D eigenvalue weighted by atomic mass is 15.6. The lowest BCUT2D eigenvalue weighted by atomic mass is 11.5. The van der Waals surface area contributed by atoms with Gasteiger partial charge < -0.3 is 0 Å². The lowest BCUT2D eigenvalue weighted by molar-refractivity contribution is 0.709. The minimum absolute atomic E-state index is 1.62. The van der Waals surface area contributed by atoms with Crippen LogP contribution in [-0.4, -0.2) is 14.1 Å². The molecule has 46 valence electrons. The molecule has 8 heavy (non-hydrogen) atoms. The van der Waals surface area contributed by atoms with Crippen molar-refractivity contribution in [2.75, 3.05) is 14.1 Å². The maximum Gasteiger partial charge on any atom is 0.0234 e. The van der Waals surface area contributed by atoms with Crippen LogP contribution in [0.1, 0.15) is 0 Å². The molecular formula is C2H8N6. The largest absolute Gasteiger partial charge is 0.293 e. The molecule has 0 atom stereocenters. The van der Waals surface area contributed by atoms with Crippen LogP contribution in [0.15, 0.2) is 20.9 Å². The van der Waals surface area contributed by atoms with Gasteiger partial charge in [-0.2, -0.15) is 0 Å². The molecule has 0 rings (SSSR count). The minimum atomic E-state index is 1.62. The zero-order valence-corrected chi connectivity index (χ0v) is 4.79. The van der Waals surface area contributed by atoms with E-state index in [4.69, 9.17) is 0 Å². The maximum atomic E-state index is 3.28. The summed E-state index contributed by atoms with van der Waals surface area (Å²) in [5, 5.41) is 12.9. The summed E-state index contributed by atoms with van der Waals surface area (Å²) in [7, 11) is 3.25. The summed E-state index contributed by atoms with van der Waals surface area (Å²) < 4.78 is 0. The van der Waals surface area contributed by atoms with Gasteiger partial charge >= 0.3 is 0 Å². The molecule has 0 spiro atoms. The molecule has 0 bridgehead atoms. The first-order valence-electron chi connectivity index (χ1n) is 2.05. The highest BCUT2D eigenvalue weighted by Gasteiger charge is 1.60. The number of rotatable bonds is 3. The zero-order valence-electron chi connectivity index (χ0n) is 4.79. The zero-order chi connectivity index (χ0) is 6.24. The molecule has 2 N–H and O–H groups in total. The van der Waals surface area contributed by atoms with Gasteiger partial charge in [0.2, 0.25) is 0 Å². The van der Waals surface area contributed by atoms with Crippen LogP contribution in [0.25, 0.3) is 0 Å². The van der Waals surface area contributed by atoms with Gasteiger partial charge in [0.25, 0.3) is 0 Å². The van der Waals surface area contributed by atoms with Crippen LogP contribution in [0.5, 0.6) is 0 Å². The second-order valence-electron chi connectivity index (χ2n) is 0.826. The van der Waals surface area contributed by atoms with E-state index in [-0.39, 0.29) is 0 Å². The third-order valence-corrected chi connectivity index (χ3v) is 0.329. The first kappa shape index (κ1) is 6.80. The SMILES string of the molecule is CNN=NN=NNC. The fraction of sp³-hybridized carbons (Fsp3) is 1.00. The summed E-state index contributed by atoms with van der Waals surface area (Å²) in [6.45, 7) is 0. The van der Waals surface area contributed by atoms with Crippen LogP contribution in [0.2, 0.25) is 0 Å². The van der Waals surface area contributed by atoms with Crippen molar-refractivity contribution in [3.8, 4) is 0 Å². The van der Waals surface area contributed by atoms with Crippen LogP contribution in [0.3, 0.4) is 0 Å². The summed E-state index contributed by atoms with van der Waals surface area (Å²) in [5.74, 6) is 0. The van der Waals surface area contributed by atoms with Gasteiger partial charge in [0.15, 0.2) is 0 Å². The van der Waals surface area contributed by atoms with E-state index >= 15 is 0 Å². The molecule has 0 aliphatic heterocycles. The van der Waals surface area contributed by atoms with E-state index in [9.17, 15) is 0 Å². The number of nitrogens with one attached hydrogen (secondary N) is 2. The summed E-state index contributed by atoms with van der Waals surface area (Å²) in [4.78, 5) is 0. The molecule has 0 aromatic heterocycles. The van der Waals surface area contributed by atoms with Crippen LogP contribution < -0.4 is 10.9 Å². The number of nitrogens with zero attached hydrogens (tertiary/aromatic N) is 4.